The van der Waals surface area contributed by atoms with E-state index in [1.165, 1.54) is 5.56 Å². The first-order valence-electron chi connectivity index (χ1n) is 10.7. The Morgan fingerprint density at radius 1 is 1.09 bits per heavy atom. The van der Waals surface area contributed by atoms with Gasteiger partial charge in [-0.3, -0.25) is 10.1 Å². The molecule has 0 radical (unpaired) electrons. The van der Waals surface area contributed by atoms with Gasteiger partial charge in [-0.05, 0) is 90.8 Å². The summed E-state index contributed by atoms with van der Waals surface area (Å²) in [6, 6.07) is 20.5. The van der Waals surface area contributed by atoms with Crippen molar-refractivity contribution < 1.29 is 13.9 Å². The van der Waals surface area contributed by atoms with Crippen LogP contribution in [-0.2, 0) is 0 Å². The van der Waals surface area contributed by atoms with E-state index in [0.29, 0.717) is 23.1 Å². The van der Waals surface area contributed by atoms with Crippen molar-refractivity contribution in [2.75, 3.05) is 12.4 Å². The van der Waals surface area contributed by atoms with Crippen molar-refractivity contribution in [1.82, 2.24) is 10.3 Å². The van der Waals surface area contributed by atoms with Crippen LogP contribution < -0.4 is 15.4 Å². The number of rotatable bonds is 6. The lowest BCUT2D eigenvalue weighted by Crippen LogP contribution is -2.34. The maximum Gasteiger partial charge on any atom is 0.257 e. The Balaban J connectivity index is 1.41. The molecule has 1 heterocycles. The molecule has 6 nitrogen and oxygen atoms in total. The fourth-order valence-electron chi connectivity index (χ4n) is 3.39. The van der Waals surface area contributed by atoms with Crippen molar-refractivity contribution in [2.45, 2.75) is 26.2 Å². The maximum atomic E-state index is 12.4. The lowest BCUT2D eigenvalue weighted by molar-refractivity contribution is 0.0977. The van der Waals surface area contributed by atoms with Crippen LogP contribution in [-0.4, -0.2) is 23.1 Å². The molecule has 168 valence electrons. The normalized spacial score (nSPS) is 11.7. The zero-order valence-electron chi connectivity index (χ0n) is 18.7. The Hall–Kier alpha value is -3.71. The van der Waals surface area contributed by atoms with Gasteiger partial charge in [-0.15, -0.1) is 0 Å². The van der Waals surface area contributed by atoms with Gasteiger partial charge in [0.25, 0.3) is 5.91 Å². The van der Waals surface area contributed by atoms with Crippen molar-refractivity contribution in [3.8, 4) is 17.2 Å². The van der Waals surface area contributed by atoms with Crippen LogP contribution in [0.4, 0.5) is 5.69 Å². The van der Waals surface area contributed by atoms with E-state index < -0.39 is 0 Å². The number of hydrogen-bond donors (Lipinski definition) is 2. The molecule has 0 spiro atoms. The lowest BCUT2D eigenvalue weighted by atomic mass is 9.98. The van der Waals surface area contributed by atoms with E-state index in [1.54, 1.807) is 31.4 Å². The standard InChI is InChI=1S/C26H25N3O3S/c1-4-16(2)19-9-14-23-22(15-19)28-25(32-23)18-5-10-20(11-6-18)27-26(33)29-24(30)17-7-12-21(31-3)13-8-17/h5-16H,4H2,1-3H3,(H2,27,29,30,33)/t16-/m1/s1. The van der Waals surface area contributed by atoms with Gasteiger partial charge >= 0.3 is 0 Å². The number of oxazole rings is 1. The molecule has 0 aliphatic rings. The van der Waals surface area contributed by atoms with Crippen LogP contribution in [0.1, 0.15) is 42.1 Å². The molecule has 0 bridgehead atoms. The minimum atomic E-state index is -0.296. The second kappa shape index (κ2) is 9.83. The van der Waals surface area contributed by atoms with Gasteiger partial charge in [0.05, 0.1) is 7.11 Å². The number of aromatic nitrogens is 1. The number of hydrogen-bond acceptors (Lipinski definition) is 5. The molecule has 7 heteroatoms. The molecular weight excluding hydrogens is 434 g/mol. The minimum absolute atomic E-state index is 0.211. The number of ether oxygens (including phenoxy) is 1. The summed E-state index contributed by atoms with van der Waals surface area (Å²) in [5.74, 6) is 1.43. The van der Waals surface area contributed by atoms with Crippen LogP contribution in [0.15, 0.2) is 71.1 Å². The number of nitrogens with zero attached hydrogens (tertiary/aromatic N) is 1. The fourth-order valence-corrected chi connectivity index (χ4v) is 3.60. The molecule has 4 rings (SSSR count). The van der Waals surface area contributed by atoms with Crippen molar-refractivity contribution in [1.29, 1.82) is 0 Å². The largest absolute Gasteiger partial charge is 0.497 e. The molecule has 3 aromatic carbocycles. The third-order valence-electron chi connectivity index (χ3n) is 5.56. The molecule has 0 fully saturated rings. The smallest absolute Gasteiger partial charge is 0.257 e. The Labute approximate surface area is 198 Å². The maximum absolute atomic E-state index is 12.4. The average molecular weight is 460 g/mol. The van der Waals surface area contributed by atoms with Crippen LogP contribution in [0.3, 0.4) is 0 Å². The molecule has 0 aliphatic heterocycles. The lowest BCUT2D eigenvalue weighted by Gasteiger charge is -2.10. The first-order valence-corrected chi connectivity index (χ1v) is 11.1. The Bertz CT molecular complexity index is 1280. The van der Waals surface area contributed by atoms with Crippen LogP contribution in [0.2, 0.25) is 0 Å². The number of amides is 1. The van der Waals surface area contributed by atoms with Crippen LogP contribution >= 0.6 is 12.2 Å². The number of anilines is 1. The van der Waals surface area contributed by atoms with Crippen molar-refractivity contribution in [2.24, 2.45) is 0 Å². The summed E-state index contributed by atoms with van der Waals surface area (Å²) in [6.45, 7) is 4.38. The van der Waals surface area contributed by atoms with Crippen LogP contribution in [0, 0.1) is 0 Å². The van der Waals surface area contributed by atoms with E-state index in [0.717, 1.165) is 28.8 Å². The third kappa shape index (κ3) is 5.21. The number of nitrogens with one attached hydrogen (secondary N) is 2. The second-order valence-corrected chi connectivity index (χ2v) is 8.18. The van der Waals surface area contributed by atoms with E-state index in [2.05, 4.69) is 41.6 Å². The highest BCUT2D eigenvalue weighted by molar-refractivity contribution is 7.80. The summed E-state index contributed by atoms with van der Waals surface area (Å²) < 4.78 is 11.0. The van der Waals surface area contributed by atoms with Crippen molar-refractivity contribution >= 4 is 40.0 Å². The zero-order chi connectivity index (χ0) is 23.4. The Kier molecular flexibility index (Phi) is 6.70. The van der Waals surface area contributed by atoms with Gasteiger partial charge < -0.3 is 14.5 Å². The summed E-state index contributed by atoms with van der Waals surface area (Å²) in [4.78, 5) is 17.0. The summed E-state index contributed by atoms with van der Waals surface area (Å²) in [5.41, 5.74) is 4.97. The number of carbonyl (C=O) groups is 1. The number of benzene rings is 3. The number of carbonyl (C=O) groups excluding carboxylic acids is 1. The minimum Gasteiger partial charge on any atom is -0.497 e. The summed E-state index contributed by atoms with van der Waals surface area (Å²) >= 11 is 5.28. The number of thiocarbonyl (C=S) groups is 1. The Morgan fingerprint density at radius 2 is 1.82 bits per heavy atom. The molecule has 0 saturated heterocycles. The highest BCUT2D eigenvalue weighted by Crippen LogP contribution is 2.28. The van der Waals surface area contributed by atoms with E-state index in [1.807, 2.05) is 30.3 Å². The van der Waals surface area contributed by atoms with Gasteiger partial charge in [0.15, 0.2) is 10.7 Å². The second-order valence-electron chi connectivity index (χ2n) is 7.77. The summed E-state index contributed by atoms with van der Waals surface area (Å²) in [7, 11) is 1.58. The molecule has 0 aliphatic carbocycles. The third-order valence-corrected chi connectivity index (χ3v) is 5.77. The van der Waals surface area contributed by atoms with Crippen molar-refractivity contribution in [3.63, 3.8) is 0 Å². The van der Waals surface area contributed by atoms with Gasteiger partial charge in [-0.25, -0.2) is 4.98 Å². The molecule has 4 aromatic rings. The quantitative estimate of drug-likeness (QED) is 0.337. The predicted octanol–water partition coefficient (Wildman–Crippen LogP) is 6.14. The van der Waals surface area contributed by atoms with Gasteiger partial charge in [0.1, 0.15) is 11.3 Å². The monoisotopic (exact) mass is 459 g/mol. The predicted molar refractivity (Wildman–Crippen MR) is 135 cm³/mol. The Morgan fingerprint density at radius 3 is 2.48 bits per heavy atom. The number of fused-ring (bicyclic) bond motifs is 1. The highest BCUT2D eigenvalue weighted by atomic mass is 32.1. The molecular formula is C26H25N3O3S. The first-order chi connectivity index (χ1) is 16.0. The summed E-state index contributed by atoms with van der Waals surface area (Å²) in [6.07, 6.45) is 1.08. The van der Waals surface area contributed by atoms with E-state index in [4.69, 9.17) is 21.4 Å². The van der Waals surface area contributed by atoms with Crippen LogP contribution in [0.25, 0.3) is 22.6 Å². The molecule has 2 N–H and O–H groups in total. The average Bonchev–Trinajstić information content (AvgIpc) is 3.27. The van der Waals surface area contributed by atoms with E-state index >= 15 is 0 Å². The molecule has 1 atom stereocenters. The molecule has 1 amide bonds. The van der Waals surface area contributed by atoms with E-state index in [9.17, 15) is 4.79 Å². The first kappa shape index (κ1) is 22.5. The zero-order valence-corrected chi connectivity index (χ0v) is 19.5. The van der Waals surface area contributed by atoms with Crippen molar-refractivity contribution in [3.05, 3.63) is 77.9 Å². The van der Waals surface area contributed by atoms with Gasteiger partial charge in [-0.1, -0.05) is 19.9 Å². The van der Waals surface area contributed by atoms with Gasteiger partial charge in [0, 0.05) is 16.8 Å². The summed E-state index contributed by atoms with van der Waals surface area (Å²) in [5, 5.41) is 5.91. The van der Waals surface area contributed by atoms with Gasteiger partial charge in [-0.2, -0.15) is 0 Å². The molecule has 0 saturated carbocycles. The topological polar surface area (TPSA) is 76.4 Å². The van der Waals surface area contributed by atoms with E-state index in [-0.39, 0.29) is 11.0 Å². The van der Waals surface area contributed by atoms with Crippen LogP contribution in [0.5, 0.6) is 5.75 Å². The molecule has 33 heavy (non-hydrogen) atoms. The number of methoxy groups -OCH3 is 1. The molecule has 1 aromatic heterocycles. The SMILES string of the molecule is CC[C@@H](C)c1ccc2oc(-c3ccc(NC(=S)NC(=O)c4ccc(OC)cc4)cc3)nc2c1. The molecule has 0 unspecified atom stereocenters. The van der Waals surface area contributed by atoms with Gasteiger partial charge in [0.2, 0.25) is 5.89 Å². The highest BCUT2D eigenvalue weighted by Gasteiger charge is 2.12. The fraction of sp³-hybridized carbons (Fsp3) is 0.192.